The molecule has 4 heterocycles. The van der Waals surface area contributed by atoms with Crippen molar-refractivity contribution >= 4 is 39.0 Å². The SMILES string of the molecule is OCC1O[C@H](Sc2cnc(C(F)(F)F)c(Br)c2)C(O)C(n2cc(-c3cscn3)nn2)[C@H]1O. The molecule has 4 rings (SSSR count). The first-order valence-electron chi connectivity index (χ1n) is 9.01. The second-order valence-electron chi connectivity index (χ2n) is 6.77. The molecule has 3 aromatic rings. The van der Waals surface area contributed by atoms with Gasteiger partial charge in [0, 0.05) is 20.9 Å². The van der Waals surface area contributed by atoms with Gasteiger partial charge in [0.2, 0.25) is 0 Å². The van der Waals surface area contributed by atoms with Crippen molar-refractivity contribution in [2.75, 3.05) is 6.61 Å². The van der Waals surface area contributed by atoms with E-state index in [2.05, 4.69) is 36.2 Å². The van der Waals surface area contributed by atoms with E-state index >= 15 is 0 Å². The van der Waals surface area contributed by atoms with Gasteiger partial charge < -0.3 is 20.1 Å². The maximum Gasteiger partial charge on any atom is 0.434 e. The fraction of sp³-hybridized carbons (Fsp3) is 0.412. The third-order valence-electron chi connectivity index (χ3n) is 4.70. The second-order valence-corrected chi connectivity index (χ2v) is 9.52. The number of halogens is 4. The largest absolute Gasteiger partial charge is 0.434 e. The average molecular weight is 554 g/mol. The molecule has 3 N–H and O–H groups in total. The zero-order valence-corrected chi connectivity index (χ0v) is 19.0. The van der Waals surface area contributed by atoms with Crippen molar-refractivity contribution in [2.45, 2.75) is 40.9 Å². The summed E-state index contributed by atoms with van der Waals surface area (Å²) in [6.45, 7) is -0.552. The van der Waals surface area contributed by atoms with E-state index in [1.54, 1.807) is 10.9 Å². The topological polar surface area (TPSA) is 126 Å². The third-order valence-corrected chi connectivity index (χ3v) is 7.00. The molecule has 172 valence electrons. The Hall–Kier alpha value is -1.62. The van der Waals surface area contributed by atoms with Gasteiger partial charge in [-0.1, -0.05) is 17.0 Å². The van der Waals surface area contributed by atoms with Gasteiger partial charge in [0.25, 0.3) is 0 Å². The Morgan fingerprint density at radius 2 is 2.00 bits per heavy atom. The van der Waals surface area contributed by atoms with Crippen LogP contribution in [0, 0.1) is 0 Å². The Morgan fingerprint density at radius 3 is 2.62 bits per heavy atom. The molecule has 0 saturated carbocycles. The highest BCUT2D eigenvalue weighted by molar-refractivity contribution is 9.10. The van der Waals surface area contributed by atoms with Crippen molar-refractivity contribution < 1.29 is 33.2 Å². The molecule has 5 atom stereocenters. The fourth-order valence-electron chi connectivity index (χ4n) is 3.18. The van der Waals surface area contributed by atoms with Crippen LogP contribution in [0.3, 0.4) is 0 Å². The van der Waals surface area contributed by atoms with E-state index in [1.807, 2.05) is 0 Å². The molecule has 1 aliphatic heterocycles. The minimum absolute atomic E-state index is 0.264. The van der Waals surface area contributed by atoms with Crippen molar-refractivity contribution in [2.24, 2.45) is 0 Å². The van der Waals surface area contributed by atoms with Gasteiger partial charge in [0.05, 0.1) is 18.3 Å². The van der Waals surface area contributed by atoms with Crippen LogP contribution in [0.15, 0.2) is 38.7 Å². The molecule has 0 bridgehead atoms. The lowest BCUT2D eigenvalue weighted by atomic mass is 9.97. The molecule has 32 heavy (non-hydrogen) atoms. The van der Waals surface area contributed by atoms with Gasteiger partial charge >= 0.3 is 6.18 Å². The number of pyridine rings is 1. The number of hydrogen-bond donors (Lipinski definition) is 3. The molecular weight excluding hydrogens is 539 g/mol. The van der Waals surface area contributed by atoms with E-state index < -0.39 is 48.3 Å². The second kappa shape index (κ2) is 9.32. The van der Waals surface area contributed by atoms with Crippen molar-refractivity contribution in [3.8, 4) is 11.4 Å². The van der Waals surface area contributed by atoms with Crippen molar-refractivity contribution in [3.63, 3.8) is 0 Å². The average Bonchev–Trinajstić information content (AvgIpc) is 3.41. The van der Waals surface area contributed by atoms with Gasteiger partial charge in [-0.25, -0.2) is 14.6 Å². The summed E-state index contributed by atoms with van der Waals surface area (Å²) in [5, 5.41) is 41.0. The van der Waals surface area contributed by atoms with E-state index in [9.17, 15) is 28.5 Å². The number of hydrogen-bond acceptors (Lipinski definition) is 10. The number of alkyl halides is 3. The molecule has 15 heteroatoms. The van der Waals surface area contributed by atoms with Crippen LogP contribution in [0.5, 0.6) is 0 Å². The molecule has 0 spiro atoms. The molecule has 0 aliphatic carbocycles. The third kappa shape index (κ3) is 4.69. The lowest BCUT2D eigenvalue weighted by molar-refractivity contribution is -0.178. The number of nitrogens with zero attached hydrogens (tertiary/aromatic N) is 5. The van der Waals surface area contributed by atoms with Gasteiger partial charge in [0.15, 0.2) is 5.69 Å². The van der Waals surface area contributed by atoms with Crippen molar-refractivity contribution in [1.29, 1.82) is 0 Å². The molecule has 1 saturated heterocycles. The van der Waals surface area contributed by atoms with Crippen LogP contribution < -0.4 is 0 Å². The van der Waals surface area contributed by atoms with Gasteiger partial charge in [-0.15, -0.1) is 16.4 Å². The highest BCUT2D eigenvalue weighted by Crippen LogP contribution is 2.40. The predicted octanol–water partition coefficient (Wildman–Crippen LogP) is 2.35. The molecule has 3 aromatic heterocycles. The van der Waals surface area contributed by atoms with Crippen LogP contribution in [-0.2, 0) is 10.9 Å². The lowest BCUT2D eigenvalue weighted by Crippen LogP contribution is -2.55. The first-order valence-corrected chi connectivity index (χ1v) is 11.6. The molecule has 1 aliphatic rings. The summed E-state index contributed by atoms with van der Waals surface area (Å²) in [5.41, 5.74) is 0.501. The Morgan fingerprint density at radius 1 is 1.22 bits per heavy atom. The minimum atomic E-state index is -4.62. The van der Waals surface area contributed by atoms with Crippen molar-refractivity contribution in [3.05, 3.63) is 39.5 Å². The maximum absolute atomic E-state index is 12.9. The zero-order valence-electron chi connectivity index (χ0n) is 15.8. The number of aliphatic hydroxyl groups excluding tert-OH is 3. The molecule has 0 aromatic carbocycles. The number of thiazole rings is 1. The number of thioether (sulfide) groups is 1. The van der Waals surface area contributed by atoms with Crippen LogP contribution in [0.1, 0.15) is 11.7 Å². The number of rotatable bonds is 5. The smallest absolute Gasteiger partial charge is 0.394 e. The summed E-state index contributed by atoms with van der Waals surface area (Å²) in [7, 11) is 0. The van der Waals surface area contributed by atoms with Crippen LogP contribution in [0.4, 0.5) is 13.2 Å². The summed E-state index contributed by atoms with van der Waals surface area (Å²) < 4.78 is 45.4. The number of ether oxygens (including phenoxy) is 1. The number of aromatic nitrogens is 5. The predicted molar refractivity (Wildman–Crippen MR) is 111 cm³/mol. The Kier molecular flexibility index (Phi) is 6.86. The monoisotopic (exact) mass is 553 g/mol. The van der Waals surface area contributed by atoms with Gasteiger partial charge in [-0.2, -0.15) is 13.2 Å². The van der Waals surface area contributed by atoms with Gasteiger partial charge in [0.1, 0.15) is 41.2 Å². The summed E-state index contributed by atoms with van der Waals surface area (Å²) in [5.74, 6) is 0. The summed E-state index contributed by atoms with van der Waals surface area (Å²) >= 11 is 5.13. The first-order chi connectivity index (χ1) is 15.2. The number of aliphatic hydroxyl groups is 3. The van der Waals surface area contributed by atoms with E-state index in [-0.39, 0.29) is 9.37 Å². The Labute approximate surface area is 195 Å². The van der Waals surface area contributed by atoms with E-state index in [0.717, 1.165) is 18.0 Å². The van der Waals surface area contributed by atoms with E-state index in [0.29, 0.717) is 11.4 Å². The van der Waals surface area contributed by atoms with Gasteiger partial charge in [-0.3, -0.25) is 0 Å². The summed E-state index contributed by atoms with van der Waals surface area (Å²) in [4.78, 5) is 7.86. The lowest BCUT2D eigenvalue weighted by Gasteiger charge is -2.41. The standard InChI is InChI=1S/C17H15BrF3N5O4S2/c18-8-1-7(2-22-15(8)17(19,20)21)32-16-14(29)12(13(28)11(4-27)30-16)26-3-9(24-25-26)10-5-31-6-23-10/h1-3,5-6,11-14,16,27-29H,4H2/t11?,12?,13-,14?,16+/m0/s1. The zero-order chi connectivity index (χ0) is 23.0. The Balaban J connectivity index is 1.59. The fourth-order valence-corrected chi connectivity index (χ4v) is 5.52. The summed E-state index contributed by atoms with van der Waals surface area (Å²) in [6.07, 6.45) is -5.85. The van der Waals surface area contributed by atoms with Crippen molar-refractivity contribution in [1.82, 2.24) is 25.0 Å². The van der Waals surface area contributed by atoms with Gasteiger partial charge in [-0.05, 0) is 22.0 Å². The van der Waals surface area contributed by atoms with E-state index in [1.165, 1.54) is 28.3 Å². The maximum atomic E-state index is 12.9. The Bertz CT molecular complexity index is 1070. The normalized spacial score (nSPS) is 26.4. The summed E-state index contributed by atoms with van der Waals surface area (Å²) in [6, 6.07) is 0.171. The van der Waals surface area contributed by atoms with Crippen LogP contribution in [0.25, 0.3) is 11.4 Å². The quantitative estimate of drug-likeness (QED) is 0.436. The molecule has 9 nitrogen and oxygen atoms in total. The van der Waals surface area contributed by atoms with Crippen LogP contribution in [0.2, 0.25) is 0 Å². The van der Waals surface area contributed by atoms with Crippen LogP contribution >= 0.6 is 39.0 Å². The first kappa shape index (κ1) is 23.5. The van der Waals surface area contributed by atoms with E-state index in [4.69, 9.17) is 4.74 Å². The highest BCUT2D eigenvalue weighted by atomic mass is 79.9. The molecular formula is C17H15BrF3N5O4S2. The molecule has 0 radical (unpaired) electrons. The molecule has 1 fully saturated rings. The highest BCUT2D eigenvalue weighted by Gasteiger charge is 2.46. The van der Waals surface area contributed by atoms with Crippen LogP contribution in [-0.4, -0.2) is 70.6 Å². The molecule has 3 unspecified atom stereocenters. The molecule has 0 amide bonds. The minimum Gasteiger partial charge on any atom is -0.394 e.